The van der Waals surface area contributed by atoms with Crippen LogP contribution in [0.2, 0.25) is 13.1 Å². The molecular formula is C48H34N4Si. The molecule has 0 aliphatic carbocycles. The number of aromatic nitrogens is 4. The summed E-state index contributed by atoms with van der Waals surface area (Å²) in [5.41, 5.74) is 12.5. The van der Waals surface area contributed by atoms with Gasteiger partial charge in [0, 0.05) is 44.0 Å². The maximum Gasteiger partial charge on any atom is 0.160 e. The highest BCUT2D eigenvalue weighted by molar-refractivity contribution is 7.04. The summed E-state index contributed by atoms with van der Waals surface area (Å²) in [4.78, 5) is 10.8. The lowest BCUT2D eigenvalue weighted by Crippen LogP contribution is -2.50. The molecule has 7 aromatic carbocycles. The maximum atomic E-state index is 5.45. The minimum atomic E-state index is -2.14. The molecule has 1 aliphatic rings. The molecule has 0 spiro atoms. The van der Waals surface area contributed by atoms with Crippen LogP contribution < -0.4 is 10.4 Å². The summed E-state index contributed by atoms with van der Waals surface area (Å²) >= 11 is 0. The van der Waals surface area contributed by atoms with Crippen LogP contribution in [0.5, 0.6) is 0 Å². The first-order valence-corrected chi connectivity index (χ1v) is 21.3. The van der Waals surface area contributed by atoms with E-state index in [1.807, 2.05) is 6.07 Å². The van der Waals surface area contributed by atoms with Crippen LogP contribution in [0.4, 0.5) is 0 Å². The van der Waals surface area contributed by atoms with Crippen molar-refractivity contribution in [1.82, 2.24) is 19.1 Å². The highest BCUT2D eigenvalue weighted by Gasteiger charge is 2.41. The zero-order valence-electron chi connectivity index (χ0n) is 29.5. The van der Waals surface area contributed by atoms with E-state index < -0.39 is 8.07 Å². The first-order valence-electron chi connectivity index (χ1n) is 18.3. The van der Waals surface area contributed by atoms with E-state index in [-0.39, 0.29) is 0 Å². The predicted molar refractivity (Wildman–Crippen MR) is 224 cm³/mol. The quantitative estimate of drug-likeness (QED) is 0.172. The SMILES string of the molecule is C[Si]1(C)c2ccccc2-c2nc(-c3ccccc3)nc(-c3cccc(-n4c5ccccc5c5ccc6c7ccccc7n(-c7ccccc7)c6c54)c3)c21. The number of rotatable bonds is 4. The first kappa shape index (κ1) is 30.1. The van der Waals surface area contributed by atoms with Gasteiger partial charge in [0.2, 0.25) is 0 Å². The second-order valence-electron chi connectivity index (χ2n) is 14.6. The fourth-order valence-corrected chi connectivity index (χ4v) is 12.2. The third kappa shape index (κ3) is 4.29. The summed E-state index contributed by atoms with van der Waals surface area (Å²) in [5, 5.41) is 7.68. The Morgan fingerprint density at radius 1 is 0.434 bits per heavy atom. The molecule has 1 aliphatic heterocycles. The largest absolute Gasteiger partial charge is 0.307 e. The summed E-state index contributed by atoms with van der Waals surface area (Å²) in [6.07, 6.45) is 0. The average molecular weight is 695 g/mol. The zero-order chi connectivity index (χ0) is 35.3. The van der Waals surface area contributed by atoms with Gasteiger partial charge in [-0.05, 0) is 52.3 Å². The Morgan fingerprint density at radius 3 is 1.66 bits per heavy atom. The van der Waals surface area contributed by atoms with Crippen molar-refractivity contribution in [3.63, 3.8) is 0 Å². The van der Waals surface area contributed by atoms with Gasteiger partial charge in [-0.1, -0.05) is 147 Å². The fourth-order valence-electron chi connectivity index (χ4n) is 8.95. The maximum absolute atomic E-state index is 5.45. The zero-order valence-corrected chi connectivity index (χ0v) is 30.5. The number of nitrogens with zero attached hydrogens (tertiary/aromatic N) is 4. The van der Waals surface area contributed by atoms with Crippen LogP contribution in [-0.2, 0) is 0 Å². The van der Waals surface area contributed by atoms with Crippen molar-refractivity contribution < 1.29 is 0 Å². The Kier molecular flexibility index (Phi) is 6.37. The van der Waals surface area contributed by atoms with Gasteiger partial charge in [0.15, 0.2) is 5.82 Å². The normalized spacial score (nSPS) is 13.2. The van der Waals surface area contributed by atoms with E-state index >= 15 is 0 Å². The van der Waals surface area contributed by atoms with Crippen molar-refractivity contribution in [1.29, 1.82) is 0 Å². The van der Waals surface area contributed by atoms with Gasteiger partial charge in [-0.25, -0.2) is 9.97 Å². The fraction of sp³-hybridized carbons (Fsp3) is 0.0417. The molecule has 0 amide bonds. The molecule has 250 valence electrons. The monoisotopic (exact) mass is 694 g/mol. The molecule has 0 atom stereocenters. The number of hydrogen-bond donors (Lipinski definition) is 0. The second kappa shape index (κ2) is 11.2. The van der Waals surface area contributed by atoms with E-state index in [4.69, 9.17) is 9.97 Å². The smallest absolute Gasteiger partial charge is 0.160 e. The van der Waals surface area contributed by atoms with Crippen LogP contribution in [0.25, 0.3) is 88.9 Å². The van der Waals surface area contributed by atoms with Gasteiger partial charge in [0.25, 0.3) is 0 Å². The van der Waals surface area contributed by atoms with Crippen molar-refractivity contribution >= 4 is 62.1 Å². The average Bonchev–Trinajstić information content (AvgIpc) is 3.82. The van der Waals surface area contributed by atoms with Gasteiger partial charge >= 0.3 is 0 Å². The highest BCUT2D eigenvalue weighted by Crippen LogP contribution is 2.42. The minimum Gasteiger partial charge on any atom is -0.307 e. The van der Waals surface area contributed by atoms with Gasteiger partial charge in [-0.15, -0.1) is 0 Å². The molecule has 11 rings (SSSR count). The Bertz CT molecular complexity index is 3080. The van der Waals surface area contributed by atoms with Crippen LogP contribution in [0.1, 0.15) is 0 Å². The molecule has 4 nitrogen and oxygen atoms in total. The van der Waals surface area contributed by atoms with Gasteiger partial charge in [0.05, 0.1) is 33.5 Å². The highest BCUT2D eigenvalue weighted by atomic mass is 28.3. The van der Waals surface area contributed by atoms with Crippen LogP contribution >= 0.6 is 0 Å². The Hall–Kier alpha value is -6.56. The minimum absolute atomic E-state index is 0.761. The molecule has 3 aromatic heterocycles. The van der Waals surface area contributed by atoms with E-state index in [1.54, 1.807) is 0 Å². The van der Waals surface area contributed by atoms with Crippen molar-refractivity contribution in [3.05, 3.63) is 170 Å². The summed E-state index contributed by atoms with van der Waals surface area (Å²) in [6.45, 7) is 4.89. The van der Waals surface area contributed by atoms with Crippen LogP contribution in [-0.4, -0.2) is 27.2 Å². The van der Waals surface area contributed by atoms with E-state index in [0.717, 1.165) is 39.7 Å². The molecular weight excluding hydrogens is 661 g/mol. The molecule has 0 saturated carbocycles. The molecule has 0 radical (unpaired) electrons. The molecule has 4 heterocycles. The molecule has 10 aromatic rings. The van der Waals surface area contributed by atoms with Gasteiger partial charge in [0.1, 0.15) is 8.07 Å². The summed E-state index contributed by atoms with van der Waals surface area (Å²) < 4.78 is 4.92. The molecule has 5 heteroatoms. The van der Waals surface area contributed by atoms with Crippen molar-refractivity contribution in [2.75, 3.05) is 0 Å². The number of fused-ring (bicyclic) bond motifs is 10. The molecule has 0 unspecified atom stereocenters. The van der Waals surface area contributed by atoms with Crippen LogP contribution in [0.3, 0.4) is 0 Å². The topological polar surface area (TPSA) is 35.6 Å². The summed E-state index contributed by atoms with van der Waals surface area (Å²) in [5.74, 6) is 0.761. The van der Waals surface area contributed by atoms with Gasteiger partial charge in [-0.3, -0.25) is 0 Å². The predicted octanol–water partition coefficient (Wildman–Crippen LogP) is 10.8. The second-order valence-corrected chi connectivity index (χ2v) is 18.9. The van der Waals surface area contributed by atoms with Crippen molar-refractivity contribution in [2.24, 2.45) is 0 Å². The Morgan fingerprint density at radius 2 is 0.962 bits per heavy atom. The first-order chi connectivity index (χ1) is 26.1. The molecule has 0 fully saturated rings. The third-order valence-corrected chi connectivity index (χ3v) is 14.8. The lowest BCUT2D eigenvalue weighted by Gasteiger charge is -2.22. The van der Waals surface area contributed by atoms with Crippen molar-refractivity contribution in [2.45, 2.75) is 13.1 Å². The van der Waals surface area contributed by atoms with E-state index in [9.17, 15) is 0 Å². The van der Waals surface area contributed by atoms with Crippen LogP contribution in [0, 0.1) is 0 Å². The Labute approximate surface area is 308 Å². The number of benzene rings is 7. The molecule has 0 saturated heterocycles. The van der Waals surface area contributed by atoms with Crippen molar-refractivity contribution in [3.8, 4) is 45.3 Å². The molecule has 53 heavy (non-hydrogen) atoms. The Balaban J connectivity index is 1.24. The van der Waals surface area contributed by atoms with E-state index in [1.165, 1.54) is 59.5 Å². The lowest BCUT2D eigenvalue weighted by atomic mass is 10.1. The standard InChI is InChI=1S/C48H34N4Si/c1-53(2)42-27-14-11-24-39(42)44-47(53)43(49-48(50-44)31-16-5-3-6-17-31)32-18-15-21-34(30-32)52-41-26-13-10-23-36(41)38-29-28-37-35-22-9-12-25-40(35)51(45(37)46(38)52)33-19-7-4-8-20-33/h3-30H,1-2H3. The van der Waals surface area contributed by atoms with Gasteiger partial charge < -0.3 is 9.13 Å². The lowest BCUT2D eigenvalue weighted by molar-refractivity contribution is 1.15. The molecule has 0 bridgehead atoms. The van der Waals surface area contributed by atoms with E-state index in [0.29, 0.717) is 0 Å². The van der Waals surface area contributed by atoms with E-state index in [2.05, 4.69) is 186 Å². The summed E-state index contributed by atoms with van der Waals surface area (Å²) in [6, 6.07) is 61.3. The summed E-state index contributed by atoms with van der Waals surface area (Å²) in [7, 11) is -2.14. The van der Waals surface area contributed by atoms with Gasteiger partial charge in [-0.2, -0.15) is 0 Å². The number of para-hydroxylation sites is 3. The number of hydrogen-bond acceptors (Lipinski definition) is 2. The third-order valence-electron chi connectivity index (χ3n) is 11.3. The molecule has 0 N–H and O–H groups in total. The van der Waals surface area contributed by atoms with Crippen LogP contribution in [0.15, 0.2) is 170 Å².